The highest BCUT2D eigenvalue weighted by Gasteiger charge is 2.15. The molecule has 2 aromatic rings. The number of sulfonamides is 1. The first-order valence-corrected chi connectivity index (χ1v) is 10.9. The Hall–Kier alpha value is -1.89. The Morgan fingerprint density at radius 2 is 2.08 bits per heavy atom. The lowest BCUT2D eigenvalue weighted by Crippen LogP contribution is -2.13. The summed E-state index contributed by atoms with van der Waals surface area (Å²) in [6.07, 6.45) is 1.01. The van der Waals surface area contributed by atoms with Crippen LogP contribution in [0.2, 0.25) is 5.02 Å². The Morgan fingerprint density at radius 3 is 2.69 bits per heavy atom. The average molecular weight is 437 g/mol. The monoisotopic (exact) mass is 436 g/mol. The van der Waals surface area contributed by atoms with Gasteiger partial charge in [0.15, 0.2) is 4.34 Å². The number of ether oxygens (including phenoxy) is 1. The molecule has 13 heteroatoms. The molecule has 2 rings (SSSR count). The first kappa shape index (κ1) is 20.4. The van der Waals surface area contributed by atoms with Crippen LogP contribution in [0.5, 0.6) is 0 Å². The standard InChI is InChI=1S/C13H13ClN4O5S3/c1-23-10(19)6-24-13-17-16-12(25-13)15-11(20)8-4-3-7(5-9(8)14)18-26(2,21)22/h3-5,18H,6H2,1-2H3,(H,15,16,20). The van der Waals surface area contributed by atoms with Gasteiger partial charge in [-0.2, -0.15) is 0 Å². The minimum absolute atomic E-state index is 0.0703. The fraction of sp³-hybridized carbons (Fsp3) is 0.231. The van der Waals surface area contributed by atoms with Crippen LogP contribution in [0.15, 0.2) is 22.5 Å². The zero-order chi connectivity index (χ0) is 19.3. The van der Waals surface area contributed by atoms with Gasteiger partial charge in [0.1, 0.15) is 0 Å². The fourth-order valence-corrected chi connectivity index (χ4v) is 4.04. The molecular formula is C13H13ClN4O5S3. The van der Waals surface area contributed by atoms with E-state index in [0.717, 1.165) is 29.4 Å². The van der Waals surface area contributed by atoms with Crippen LogP contribution in [-0.2, 0) is 19.6 Å². The van der Waals surface area contributed by atoms with E-state index < -0.39 is 21.9 Å². The number of nitrogens with zero attached hydrogens (tertiary/aromatic N) is 2. The number of anilines is 2. The molecule has 0 aliphatic heterocycles. The summed E-state index contributed by atoms with van der Waals surface area (Å²) in [6, 6.07) is 4.13. The number of thioether (sulfide) groups is 1. The maximum Gasteiger partial charge on any atom is 0.316 e. The number of amides is 1. The number of esters is 1. The van der Waals surface area contributed by atoms with Gasteiger partial charge in [-0.1, -0.05) is 34.7 Å². The van der Waals surface area contributed by atoms with E-state index in [0.29, 0.717) is 4.34 Å². The first-order valence-electron chi connectivity index (χ1n) is 6.80. The van der Waals surface area contributed by atoms with Gasteiger partial charge in [0, 0.05) is 5.69 Å². The summed E-state index contributed by atoms with van der Waals surface area (Å²) >= 11 is 8.27. The van der Waals surface area contributed by atoms with E-state index in [1.807, 2.05) is 0 Å². The van der Waals surface area contributed by atoms with Crippen molar-refractivity contribution in [3.63, 3.8) is 0 Å². The molecular weight excluding hydrogens is 424 g/mol. The van der Waals surface area contributed by atoms with Crippen LogP contribution in [0.3, 0.4) is 0 Å². The molecule has 1 heterocycles. The summed E-state index contributed by atoms with van der Waals surface area (Å²) in [5.41, 5.74) is 0.385. The third-order valence-corrected chi connectivity index (χ3v) is 5.55. The normalized spacial score (nSPS) is 11.0. The van der Waals surface area contributed by atoms with Gasteiger partial charge in [-0.25, -0.2) is 8.42 Å². The van der Waals surface area contributed by atoms with E-state index in [1.165, 1.54) is 25.3 Å². The molecule has 0 saturated heterocycles. The van der Waals surface area contributed by atoms with E-state index in [-0.39, 0.29) is 27.2 Å². The Bertz CT molecular complexity index is 932. The molecule has 140 valence electrons. The van der Waals surface area contributed by atoms with Crippen molar-refractivity contribution in [3.8, 4) is 0 Å². The SMILES string of the molecule is COC(=O)CSc1nnc(NC(=O)c2ccc(NS(C)(=O)=O)cc2Cl)s1. The van der Waals surface area contributed by atoms with Gasteiger partial charge in [-0.3, -0.25) is 19.6 Å². The summed E-state index contributed by atoms with van der Waals surface area (Å²) in [6.45, 7) is 0. The quantitative estimate of drug-likeness (QED) is 0.383. The number of nitrogens with one attached hydrogen (secondary N) is 2. The molecule has 0 unspecified atom stereocenters. The van der Waals surface area contributed by atoms with E-state index >= 15 is 0 Å². The van der Waals surface area contributed by atoms with Crippen molar-refractivity contribution in [1.29, 1.82) is 0 Å². The minimum atomic E-state index is -3.45. The molecule has 26 heavy (non-hydrogen) atoms. The van der Waals surface area contributed by atoms with E-state index in [2.05, 4.69) is 25.0 Å². The first-order chi connectivity index (χ1) is 12.2. The number of hydrogen-bond acceptors (Lipinski definition) is 9. The molecule has 0 fully saturated rings. The average Bonchev–Trinajstić information content (AvgIpc) is 2.98. The lowest BCUT2D eigenvalue weighted by atomic mass is 10.2. The molecule has 0 saturated carbocycles. The highest BCUT2D eigenvalue weighted by Crippen LogP contribution is 2.27. The van der Waals surface area contributed by atoms with Crippen LogP contribution >= 0.6 is 34.7 Å². The number of carbonyl (C=O) groups excluding carboxylic acids is 2. The number of halogens is 1. The predicted molar refractivity (Wildman–Crippen MR) is 101 cm³/mol. The molecule has 9 nitrogen and oxygen atoms in total. The number of methoxy groups -OCH3 is 1. The largest absolute Gasteiger partial charge is 0.468 e. The highest BCUT2D eigenvalue weighted by molar-refractivity contribution is 8.01. The number of rotatable bonds is 7. The summed E-state index contributed by atoms with van der Waals surface area (Å²) < 4.78 is 29.7. The van der Waals surface area contributed by atoms with Crippen LogP contribution in [0.1, 0.15) is 10.4 Å². The van der Waals surface area contributed by atoms with E-state index in [1.54, 1.807) is 0 Å². The summed E-state index contributed by atoms with van der Waals surface area (Å²) in [7, 11) is -2.16. The van der Waals surface area contributed by atoms with Gasteiger partial charge in [0.25, 0.3) is 5.91 Å². The van der Waals surface area contributed by atoms with Gasteiger partial charge in [0.2, 0.25) is 15.2 Å². The molecule has 0 aliphatic rings. The van der Waals surface area contributed by atoms with E-state index in [9.17, 15) is 18.0 Å². The maximum absolute atomic E-state index is 12.3. The second-order valence-electron chi connectivity index (χ2n) is 4.76. The Morgan fingerprint density at radius 1 is 1.35 bits per heavy atom. The number of aromatic nitrogens is 2. The van der Waals surface area contributed by atoms with Crippen molar-refractivity contribution < 1.29 is 22.7 Å². The summed E-state index contributed by atoms with van der Waals surface area (Å²) in [4.78, 5) is 23.4. The Labute approximate surface area is 162 Å². The second kappa shape index (κ2) is 8.66. The maximum atomic E-state index is 12.3. The van der Waals surface area contributed by atoms with Gasteiger partial charge >= 0.3 is 5.97 Å². The Kier molecular flexibility index (Phi) is 6.81. The van der Waals surface area contributed by atoms with Crippen LogP contribution in [-0.4, -0.2) is 49.6 Å². The van der Waals surface area contributed by atoms with Crippen molar-refractivity contribution in [2.45, 2.75) is 4.34 Å². The molecule has 1 aromatic carbocycles. The number of hydrogen-bond donors (Lipinski definition) is 2. The van der Waals surface area contributed by atoms with Crippen molar-refractivity contribution in [2.24, 2.45) is 0 Å². The molecule has 1 amide bonds. The third kappa shape index (κ3) is 6.12. The van der Waals surface area contributed by atoms with Crippen molar-refractivity contribution in [2.75, 3.05) is 29.2 Å². The molecule has 0 aliphatic carbocycles. The van der Waals surface area contributed by atoms with Crippen LogP contribution in [0, 0.1) is 0 Å². The van der Waals surface area contributed by atoms with Crippen LogP contribution < -0.4 is 10.0 Å². The summed E-state index contributed by atoms with van der Waals surface area (Å²) in [5, 5.41) is 10.5. The third-order valence-electron chi connectivity index (χ3n) is 2.69. The minimum Gasteiger partial charge on any atom is -0.468 e. The molecule has 0 spiro atoms. The van der Waals surface area contributed by atoms with Gasteiger partial charge in [-0.05, 0) is 18.2 Å². The van der Waals surface area contributed by atoms with Gasteiger partial charge in [0.05, 0.1) is 29.7 Å². The lowest BCUT2D eigenvalue weighted by Gasteiger charge is -2.07. The fourth-order valence-electron chi connectivity index (χ4n) is 1.64. The van der Waals surface area contributed by atoms with Gasteiger partial charge < -0.3 is 4.74 Å². The highest BCUT2D eigenvalue weighted by atomic mass is 35.5. The topological polar surface area (TPSA) is 127 Å². The second-order valence-corrected chi connectivity index (χ2v) is 9.12. The number of benzene rings is 1. The van der Waals surface area contributed by atoms with Crippen molar-refractivity contribution in [3.05, 3.63) is 28.8 Å². The predicted octanol–water partition coefficient (Wildman–Crippen LogP) is 2.08. The molecule has 0 atom stereocenters. The smallest absolute Gasteiger partial charge is 0.316 e. The van der Waals surface area contributed by atoms with Gasteiger partial charge in [-0.15, -0.1) is 10.2 Å². The van der Waals surface area contributed by atoms with Crippen LogP contribution in [0.4, 0.5) is 10.8 Å². The van der Waals surface area contributed by atoms with E-state index in [4.69, 9.17) is 11.6 Å². The molecule has 1 aromatic heterocycles. The zero-order valence-electron chi connectivity index (χ0n) is 13.5. The van der Waals surface area contributed by atoms with Crippen LogP contribution in [0.25, 0.3) is 0 Å². The molecule has 0 radical (unpaired) electrons. The van der Waals surface area contributed by atoms with Crippen molar-refractivity contribution in [1.82, 2.24) is 10.2 Å². The summed E-state index contributed by atoms with van der Waals surface area (Å²) in [5.74, 6) is -0.841. The Balaban J connectivity index is 2.04. The van der Waals surface area contributed by atoms with Crippen molar-refractivity contribution >= 4 is 67.4 Å². The molecule has 0 bridgehead atoms. The molecule has 2 N–H and O–H groups in total. The zero-order valence-corrected chi connectivity index (χ0v) is 16.7. The number of carbonyl (C=O) groups is 2. The lowest BCUT2D eigenvalue weighted by molar-refractivity contribution is -0.137.